The van der Waals surface area contributed by atoms with E-state index in [1.807, 2.05) is 16.8 Å². The van der Waals surface area contributed by atoms with E-state index in [0.717, 1.165) is 24.9 Å². The molecule has 1 aliphatic heterocycles. The lowest BCUT2D eigenvalue weighted by Crippen LogP contribution is -2.54. The van der Waals surface area contributed by atoms with Crippen LogP contribution in [0.15, 0.2) is 16.8 Å². The van der Waals surface area contributed by atoms with Crippen molar-refractivity contribution in [2.24, 2.45) is 5.92 Å². The summed E-state index contributed by atoms with van der Waals surface area (Å²) in [6.07, 6.45) is 8.56. The van der Waals surface area contributed by atoms with Gasteiger partial charge in [0.15, 0.2) is 0 Å². The minimum atomic E-state index is -2.97. The average molecular weight is 539 g/mol. The number of likely N-dealkylation sites (tertiary alicyclic amines) is 1. The first-order valence-electron chi connectivity index (χ1n) is 12.6. The summed E-state index contributed by atoms with van der Waals surface area (Å²) in [4.78, 5) is 43.6. The number of carboxylic acids is 4. The molecule has 0 bridgehead atoms. The van der Waals surface area contributed by atoms with Crippen molar-refractivity contribution in [1.82, 2.24) is 4.90 Å². The van der Waals surface area contributed by atoms with Crippen molar-refractivity contribution in [3.63, 3.8) is 0 Å². The molecule has 2 fully saturated rings. The van der Waals surface area contributed by atoms with Gasteiger partial charge in [-0.25, -0.2) is 0 Å². The number of carboxylic acid groups (broad SMARTS) is 4. The minimum Gasteiger partial charge on any atom is -0.550 e. The number of aliphatic hydroxyl groups is 1. The van der Waals surface area contributed by atoms with Crippen LogP contribution in [0.5, 0.6) is 0 Å². The first-order chi connectivity index (χ1) is 17.5. The SMILES string of the molecule is O=C([O-])C(c1ccsc1)C1CCCCC1.O=C([O-])CC(O)(CC(=O)[O-])C(=O)[O-].[CH2]CN1CCCCCC1. The van der Waals surface area contributed by atoms with E-state index < -0.39 is 42.3 Å². The van der Waals surface area contributed by atoms with Gasteiger partial charge in [-0.2, -0.15) is 11.3 Å². The molecule has 0 amide bonds. The van der Waals surface area contributed by atoms with Gasteiger partial charge in [-0.05, 0) is 80.5 Å². The highest BCUT2D eigenvalue weighted by Gasteiger charge is 2.29. The molecule has 0 aromatic carbocycles. The fourth-order valence-corrected chi connectivity index (χ4v) is 5.26. The van der Waals surface area contributed by atoms with Gasteiger partial charge < -0.3 is 49.6 Å². The van der Waals surface area contributed by atoms with E-state index in [9.17, 15) is 39.6 Å². The summed E-state index contributed by atoms with van der Waals surface area (Å²) in [6, 6.07) is 1.92. The molecule has 1 atom stereocenters. The van der Waals surface area contributed by atoms with E-state index in [1.165, 1.54) is 58.0 Å². The molecule has 209 valence electrons. The lowest BCUT2D eigenvalue weighted by Gasteiger charge is -2.30. The van der Waals surface area contributed by atoms with E-state index >= 15 is 0 Å². The zero-order valence-electron chi connectivity index (χ0n) is 21.1. The Kier molecular flexibility index (Phi) is 15.0. The molecule has 0 spiro atoms. The standard InChI is InChI=1S/C12H16O2S.C8H16N.C6H8O7/c13-12(14)11(10-6-7-15-8-10)9-4-2-1-3-5-9;1-2-9-7-5-3-4-6-8-9;7-3(8)1-6(13,5(11)12)2-4(9)10/h6-9,11H,1-5H2,(H,13,14);1-8H2;13H,1-2H2,(H,7,8)(H,9,10)(H,11,12)/p-4. The average Bonchev–Trinajstić information content (AvgIpc) is 3.20. The van der Waals surface area contributed by atoms with Crippen LogP contribution in [0.4, 0.5) is 0 Å². The molecule has 1 saturated carbocycles. The van der Waals surface area contributed by atoms with Gasteiger partial charge in [0.25, 0.3) is 0 Å². The highest BCUT2D eigenvalue weighted by atomic mass is 32.1. The van der Waals surface area contributed by atoms with E-state index in [4.69, 9.17) is 5.11 Å². The van der Waals surface area contributed by atoms with Crippen LogP contribution < -0.4 is 20.4 Å². The summed E-state index contributed by atoms with van der Waals surface area (Å²) in [5.74, 6) is -6.98. The molecule has 2 aliphatic rings. The normalized spacial score (nSPS) is 17.7. The van der Waals surface area contributed by atoms with Crippen LogP contribution in [0.1, 0.15) is 82.1 Å². The first kappa shape index (κ1) is 32.5. The highest BCUT2D eigenvalue weighted by Crippen LogP contribution is 2.36. The third-order valence-electron chi connectivity index (χ3n) is 6.55. The Balaban J connectivity index is 0.000000287. The second-order valence-electron chi connectivity index (χ2n) is 9.42. The van der Waals surface area contributed by atoms with Gasteiger partial charge in [0.05, 0.1) is 5.97 Å². The van der Waals surface area contributed by atoms with Gasteiger partial charge in [0.1, 0.15) is 5.60 Å². The number of hydrogen-bond donors (Lipinski definition) is 1. The second-order valence-corrected chi connectivity index (χ2v) is 10.2. The molecule has 1 aliphatic carbocycles. The Morgan fingerprint density at radius 3 is 1.84 bits per heavy atom. The van der Waals surface area contributed by atoms with Crippen LogP contribution in [-0.4, -0.2) is 59.1 Å². The molecule has 1 N–H and O–H groups in total. The number of rotatable bonds is 9. The Bertz CT molecular complexity index is 813. The molecule has 1 saturated heterocycles. The van der Waals surface area contributed by atoms with Gasteiger partial charge in [0, 0.05) is 36.7 Å². The van der Waals surface area contributed by atoms with E-state index in [1.54, 1.807) is 11.3 Å². The van der Waals surface area contributed by atoms with Crippen LogP contribution in [0.25, 0.3) is 0 Å². The number of carbonyl (C=O) groups excluding carboxylic acids is 4. The van der Waals surface area contributed by atoms with Gasteiger partial charge >= 0.3 is 0 Å². The quantitative estimate of drug-likeness (QED) is 0.392. The number of hydrogen-bond acceptors (Lipinski definition) is 11. The van der Waals surface area contributed by atoms with E-state index in [-0.39, 0.29) is 5.92 Å². The Morgan fingerprint density at radius 1 is 0.946 bits per heavy atom. The topological polar surface area (TPSA) is 184 Å². The number of thiophene rings is 1. The summed E-state index contributed by atoms with van der Waals surface area (Å²) in [5.41, 5.74) is -2.04. The largest absolute Gasteiger partial charge is 0.550 e. The third kappa shape index (κ3) is 12.5. The molecule has 37 heavy (non-hydrogen) atoms. The van der Waals surface area contributed by atoms with Crippen molar-refractivity contribution in [3.05, 3.63) is 29.3 Å². The molecular weight excluding hydrogens is 502 g/mol. The highest BCUT2D eigenvalue weighted by molar-refractivity contribution is 7.08. The summed E-state index contributed by atoms with van der Waals surface area (Å²) in [7, 11) is 0. The zero-order valence-corrected chi connectivity index (χ0v) is 21.9. The van der Waals surface area contributed by atoms with Crippen LogP contribution in [0.2, 0.25) is 0 Å². The molecule has 1 aromatic rings. The summed E-state index contributed by atoms with van der Waals surface area (Å²) in [5, 5.41) is 54.0. The van der Waals surface area contributed by atoms with Gasteiger partial charge in [0.2, 0.25) is 0 Å². The van der Waals surface area contributed by atoms with Gasteiger partial charge in [-0.15, -0.1) is 0 Å². The maximum Gasteiger partial charge on any atom is 0.114 e. The molecule has 3 rings (SSSR count). The predicted octanol–water partition coefficient (Wildman–Crippen LogP) is -1.39. The van der Waals surface area contributed by atoms with E-state index in [0.29, 0.717) is 5.92 Å². The lowest BCUT2D eigenvalue weighted by atomic mass is 9.77. The van der Waals surface area contributed by atoms with Crippen molar-refractivity contribution in [1.29, 1.82) is 0 Å². The third-order valence-corrected chi connectivity index (χ3v) is 7.25. The maximum atomic E-state index is 11.2. The molecule has 2 heterocycles. The molecule has 1 radical (unpaired) electrons. The van der Waals surface area contributed by atoms with Crippen molar-refractivity contribution >= 4 is 35.2 Å². The maximum absolute atomic E-state index is 11.2. The van der Waals surface area contributed by atoms with Crippen LogP contribution in [0, 0.1) is 12.8 Å². The molecule has 11 heteroatoms. The Hall–Kier alpha value is -2.50. The zero-order chi connectivity index (χ0) is 27.8. The van der Waals surface area contributed by atoms with Crippen molar-refractivity contribution < 1.29 is 44.7 Å². The van der Waals surface area contributed by atoms with Gasteiger partial charge in [-0.1, -0.05) is 32.1 Å². The van der Waals surface area contributed by atoms with Crippen molar-refractivity contribution in [2.75, 3.05) is 19.6 Å². The van der Waals surface area contributed by atoms with Crippen LogP contribution in [0.3, 0.4) is 0 Å². The smallest absolute Gasteiger partial charge is 0.114 e. The Labute approximate surface area is 221 Å². The molecule has 10 nitrogen and oxygen atoms in total. The monoisotopic (exact) mass is 538 g/mol. The first-order valence-corrected chi connectivity index (χ1v) is 13.5. The van der Waals surface area contributed by atoms with Crippen LogP contribution in [-0.2, 0) is 19.2 Å². The summed E-state index contributed by atoms with van der Waals surface area (Å²) < 4.78 is 0. The second kappa shape index (κ2) is 17.1. The summed E-state index contributed by atoms with van der Waals surface area (Å²) in [6.45, 7) is 7.44. The van der Waals surface area contributed by atoms with Crippen molar-refractivity contribution in [2.45, 2.75) is 82.1 Å². The molecule has 1 unspecified atom stereocenters. The minimum absolute atomic E-state index is 0.290. The number of aliphatic carboxylic acids is 4. The Morgan fingerprint density at radius 2 is 1.46 bits per heavy atom. The number of carbonyl (C=O) groups is 4. The predicted molar refractivity (Wildman–Crippen MR) is 128 cm³/mol. The fraction of sp³-hybridized carbons (Fsp3) is 0.654. The summed E-state index contributed by atoms with van der Waals surface area (Å²) >= 11 is 1.56. The van der Waals surface area contributed by atoms with E-state index in [2.05, 4.69) is 11.8 Å². The molecular formula is C26H36NO9S-4. The van der Waals surface area contributed by atoms with Crippen molar-refractivity contribution in [3.8, 4) is 0 Å². The molecule has 1 aromatic heterocycles. The number of nitrogens with zero attached hydrogens (tertiary/aromatic N) is 1. The van der Waals surface area contributed by atoms with Crippen LogP contribution >= 0.6 is 11.3 Å². The lowest BCUT2D eigenvalue weighted by molar-refractivity contribution is -0.339. The van der Waals surface area contributed by atoms with Gasteiger partial charge in [-0.3, -0.25) is 0 Å². The fourth-order valence-electron chi connectivity index (χ4n) is 4.56.